The molecule has 0 amide bonds. The average Bonchev–Trinajstić information content (AvgIpc) is 2.63. The second kappa shape index (κ2) is 5.50. The molecular weight excluding hydrogens is 239 g/mol. The minimum atomic E-state index is -0.241. The summed E-state index contributed by atoms with van der Waals surface area (Å²) in [7, 11) is 0. The van der Waals surface area contributed by atoms with Gasteiger partial charge in [0, 0.05) is 24.9 Å². The first-order chi connectivity index (χ1) is 8.26. The number of benzene rings is 1. The Morgan fingerprint density at radius 3 is 2.94 bits per heavy atom. The second-order valence-electron chi connectivity index (χ2n) is 4.11. The van der Waals surface area contributed by atoms with E-state index >= 15 is 0 Å². The number of hydrogen-bond acceptors (Lipinski definition) is 1. The molecule has 0 aliphatic carbocycles. The van der Waals surface area contributed by atoms with E-state index in [2.05, 4.69) is 16.5 Å². The van der Waals surface area contributed by atoms with E-state index < -0.39 is 0 Å². The zero-order chi connectivity index (χ0) is 12.3. The van der Waals surface area contributed by atoms with E-state index in [1.807, 2.05) is 0 Å². The maximum Gasteiger partial charge on any atom is 0.125 e. The lowest BCUT2D eigenvalue weighted by molar-refractivity contribution is 0.619. The molecule has 0 unspecified atom stereocenters. The molecule has 4 heteroatoms. The summed E-state index contributed by atoms with van der Waals surface area (Å²) in [5.74, 6) is 1.25. The van der Waals surface area contributed by atoms with Gasteiger partial charge >= 0.3 is 0 Å². The minimum Gasteiger partial charge on any atom is -0.328 e. The van der Waals surface area contributed by atoms with E-state index in [9.17, 15) is 4.39 Å². The molecule has 1 aromatic carbocycles. The van der Waals surface area contributed by atoms with Crippen LogP contribution in [-0.4, -0.2) is 15.4 Å². The molecule has 0 saturated heterocycles. The number of aromatic nitrogens is 2. The fraction of sp³-hybridized carbons (Fsp3) is 0.462. The summed E-state index contributed by atoms with van der Waals surface area (Å²) < 4.78 is 15.3. The number of halogens is 2. The molecule has 0 bridgehead atoms. The molecule has 0 radical (unpaired) electrons. The van der Waals surface area contributed by atoms with Crippen molar-refractivity contribution in [3.8, 4) is 0 Å². The Kier molecular flexibility index (Phi) is 4.00. The molecule has 0 saturated carbocycles. The minimum absolute atomic E-state index is 0.241. The maximum atomic E-state index is 13.1. The van der Waals surface area contributed by atoms with E-state index in [0.29, 0.717) is 5.88 Å². The molecule has 2 aromatic rings. The number of alkyl halides is 1. The average molecular weight is 255 g/mol. The number of imidazole rings is 1. The topological polar surface area (TPSA) is 17.8 Å². The molecule has 0 spiro atoms. The number of nitrogens with zero attached hydrogens (tertiary/aromatic N) is 2. The van der Waals surface area contributed by atoms with Crippen LogP contribution in [0, 0.1) is 5.82 Å². The van der Waals surface area contributed by atoms with Crippen LogP contribution in [0.2, 0.25) is 0 Å². The van der Waals surface area contributed by atoms with Crippen LogP contribution in [0.15, 0.2) is 18.2 Å². The molecule has 0 aliphatic rings. The number of aryl methyl sites for hydroxylation is 2. The predicted molar refractivity (Wildman–Crippen MR) is 69.0 cm³/mol. The highest BCUT2D eigenvalue weighted by atomic mass is 35.5. The summed E-state index contributed by atoms with van der Waals surface area (Å²) >= 11 is 5.77. The number of rotatable bonds is 5. The standard InChI is InChI=1S/C13H16ClFN2/c1-2-3-8-17-12-5-4-10(15)9-11(12)16-13(17)6-7-14/h4-5,9H,2-3,6-8H2,1H3. The molecule has 0 aliphatic heterocycles. The van der Waals surface area contributed by atoms with E-state index in [1.165, 1.54) is 12.1 Å². The molecule has 92 valence electrons. The molecule has 2 nitrogen and oxygen atoms in total. The van der Waals surface area contributed by atoms with Gasteiger partial charge < -0.3 is 4.57 Å². The molecule has 0 fully saturated rings. The number of fused-ring (bicyclic) bond motifs is 1. The quantitative estimate of drug-likeness (QED) is 0.743. The lowest BCUT2D eigenvalue weighted by Gasteiger charge is -2.07. The van der Waals surface area contributed by atoms with Crippen molar-refractivity contribution in [1.29, 1.82) is 0 Å². The lowest BCUT2D eigenvalue weighted by atomic mass is 10.3. The van der Waals surface area contributed by atoms with Crippen molar-refractivity contribution in [3.05, 3.63) is 29.8 Å². The molecule has 0 N–H and O–H groups in total. The van der Waals surface area contributed by atoms with E-state index in [1.54, 1.807) is 6.07 Å². The van der Waals surface area contributed by atoms with Gasteiger partial charge in [0.05, 0.1) is 11.0 Å². The third kappa shape index (κ3) is 2.60. The summed E-state index contributed by atoms with van der Waals surface area (Å²) in [6.07, 6.45) is 2.95. The van der Waals surface area contributed by atoms with Crippen LogP contribution in [0.3, 0.4) is 0 Å². The van der Waals surface area contributed by atoms with Crippen LogP contribution in [0.25, 0.3) is 11.0 Å². The highest BCUT2D eigenvalue weighted by Crippen LogP contribution is 2.19. The fourth-order valence-electron chi connectivity index (χ4n) is 1.99. The lowest BCUT2D eigenvalue weighted by Crippen LogP contribution is -2.04. The molecule has 1 aromatic heterocycles. The van der Waals surface area contributed by atoms with Gasteiger partial charge in [-0.25, -0.2) is 9.37 Å². The van der Waals surface area contributed by atoms with E-state index in [0.717, 1.165) is 42.7 Å². The normalized spacial score (nSPS) is 11.2. The second-order valence-corrected chi connectivity index (χ2v) is 4.48. The van der Waals surface area contributed by atoms with Gasteiger partial charge in [0.15, 0.2) is 0 Å². The van der Waals surface area contributed by atoms with Gasteiger partial charge in [0.2, 0.25) is 0 Å². The molecule has 17 heavy (non-hydrogen) atoms. The van der Waals surface area contributed by atoms with Gasteiger partial charge in [-0.15, -0.1) is 11.6 Å². The third-order valence-corrected chi connectivity index (χ3v) is 3.03. The van der Waals surface area contributed by atoms with Crippen molar-refractivity contribution in [2.75, 3.05) is 5.88 Å². The largest absolute Gasteiger partial charge is 0.328 e. The van der Waals surface area contributed by atoms with Crippen molar-refractivity contribution in [3.63, 3.8) is 0 Å². The van der Waals surface area contributed by atoms with Crippen molar-refractivity contribution in [2.24, 2.45) is 0 Å². The molecule has 0 atom stereocenters. The van der Waals surface area contributed by atoms with Crippen LogP contribution in [0.5, 0.6) is 0 Å². The van der Waals surface area contributed by atoms with Gasteiger partial charge in [0.1, 0.15) is 11.6 Å². The van der Waals surface area contributed by atoms with Crippen LogP contribution < -0.4 is 0 Å². The Balaban J connectivity index is 2.46. The molecular formula is C13H16ClFN2. The van der Waals surface area contributed by atoms with E-state index in [4.69, 9.17) is 11.6 Å². The zero-order valence-electron chi connectivity index (χ0n) is 9.92. The van der Waals surface area contributed by atoms with Crippen LogP contribution >= 0.6 is 11.6 Å². The summed E-state index contributed by atoms with van der Waals surface area (Å²) in [6.45, 7) is 3.07. The van der Waals surface area contributed by atoms with Crippen LogP contribution in [-0.2, 0) is 13.0 Å². The van der Waals surface area contributed by atoms with Crippen molar-refractivity contribution in [1.82, 2.24) is 9.55 Å². The fourth-order valence-corrected chi connectivity index (χ4v) is 2.16. The van der Waals surface area contributed by atoms with Gasteiger partial charge in [-0.1, -0.05) is 13.3 Å². The summed E-state index contributed by atoms with van der Waals surface area (Å²) in [6, 6.07) is 4.76. The van der Waals surface area contributed by atoms with Crippen LogP contribution in [0.4, 0.5) is 4.39 Å². The summed E-state index contributed by atoms with van der Waals surface area (Å²) in [5.41, 5.74) is 1.72. The van der Waals surface area contributed by atoms with Crippen LogP contribution in [0.1, 0.15) is 25.6 Å². The van der Waals surface area contributed by atoms with E-state index in [-0.39, 0.29) is 5.82 Å². The smallest absolute Gasteiger partial charge is 0.125 e. The Morgan fingerprint density at radius 1 is 1.41 bits per heavy atom. The third-order valence-electron chi connectivity index (χ3n) is 2.84. The zero-order valence-corrected chi connectivity index (χ0v) is 10.7. The first-order valence-electron chi connectivity index (χ1n) is 5.97. The molecule has 2 rings (SSSR count). The highest BCUT2D eigenvalue weighted by molar-refractivity contribution is 6.17. The Morgan fingerprint density at radius 2 is 2.24 bits per heavy atom. The SMILES string of the molecule is CCCCn1c(CCCl)nc2cc(F)ccc21. The first kappa shape index (κ1) is 12.4. The number of hydrogen-bond donors (Lipinski definition) is 0. The Bertz CT molecular complexity index is 507. The maximum absolute atomic E-state index is 13.1. The Labute approximate surface area is 105 Å². The van der Waals surface area contributed by atoms with Crippen molar-refractivity contribution >= 4 is 22.6 Å². The molecule has 1 heterocycles. The van der Waals surface area contributed by atoms with Crippen molar-refractivity contribution in [2.45, 2.75) is 32.7 Å². The predicted octanol–water partition coefficient (Wildman–Crippen LogP) is 3.76. The first-order valence-corrected chi connectivity index (χ1v) is 6.50. The van der Waals surface area contributed by atoms with Gasteiger partial charge in [0.25, 0.3) is 0 Å². The summed E-state index contributed by atoms with van der Waals surface area (Å²) in [4.78, 5) is 4.45. The summed E-state index contributed by atoms with van der Waals surface area (Å²) in [5, 5.41) is 0. The monoisotopic (exact) mass is 254 g/mol. The number of unbranched alkanes of at least 4 members (excludes halogenated alkanes) is 1. The van der Waals surface area contributed by atoms with Gasteiger partial charge in [-0.2, -0.15) is 0 Å². The van der Waals surface area contributed by atoms with Gasteiger partial charge in [-0.3, -0.25) is 0 Å². The highest BCUT2D eigenvalue weighted by Gasteiger charge is 2.10. The Hall–Kier alpha value is -1.09. The van der Waals surface area contributed by atoms with Gasteiger partial charge in [-0.05, 0) is 18.6 Å². The van der Waals surface area contributed by atoms with Crippen molar-refractivity contribution < 1.29 is 4.39 Å².